The Morgan fingerprint density at radius 1 is 0.655 bits per heavy atom. The minimum atomic E-state index is -1.96. The van der Waals surface area contributed by atoms with Crippen LogP contribution in [0.25, 0.3) is 0 Å². The minimum Gasteiger partial charge on any atom is -0.465 e. The van der Waals surface area contributed by atoms with Crippen molar-refractivity contribution in [2.75, 3.05) is 20.4 Å². The van der Waals surface area contributed by atoms with Crippen molar-refractivity contribution in [1.82, 2.24) is 0 Å². The van der Waals surface area contributed by atoms with E-state index in [4.69, 9.17) is 9.47 Å². The van der Waals surface area contributed by atoms with E-state index in [1.165, 1.54) is 30.1 Å². The number of hydrogen-bond donors (Lipinski definition) is 0. The van der Waals surface area contributed by atoms with Crippen molar-refractivity contribution in [2.24, 2.45) is 0 Å². The molecule has 3 aromatic carbocycles. The van der Waals surface area contributed by atoms with E-state index in [9.17, 15) is 9.59 Å². The maximum absolute atomic E-state index is 11.9. The van der Waals surface area contributed by atoms with E-state index >= 15 is 0 Å². The second kappa shape index (κ2) is 9.02. The van der Waals surface area contributed by atoms with Crippen LogP contribution in [0.4, 0.5) is 0 Å². The molecular weight excluding hydrogens is 383 g/mol. The Hall–Kier alpha value is -2.97. The first-order chi connectivity index (χ1) is 14.1. The number of hydrogen-bond acceptors (Lipinski definition) is 4. The summed E-state index contributed by atoms with van der Waals surface area (Å²) in [6, 6.07) is 25.7. The number of esters is 2. The molecule has 0 aromatic heterocycles. The Labute approximate surface area is 171 Å². The Morgan fingerprint density at radius 3 is 1.38 bits per heavy atom. The fourth-order valence-electron chi connectivity index (χ4n) is 3.62. The summed E-state index contributed by atoms with van der Waals surface area (Å²) in [4.78, 5) is 23.7. The maximum atomic E-state index is 11.9. The Kier molecular flexibility index (Phi) is 6.46. The molecule has 4 nitrogen and oxygen atoms in total. The van der Waals surface area contributed by atoms with Crippen molar-refractivity contribution in [3.05, 3.63) is 90.0 Å². The van der Waals surface area contributed by atoms with E-state index in [0.717, 1.165) is 6.16 Å². The number of carbonyl (C=O) groups is 2. The number of methoxy groups -OCH3 is 2. The zero-order valence-electron chi connectivity index (χ0n) is 16.8. The average Bonchev–Trinajstić information content (AvgIpc) is 2.80. The monoisotopic (exact) mass is 407 g/mol. The summed E-state index contributed by atoms with van der Waals surface area (Å²) in [7, 11) is 0.807. The van der Waals surface area contributed by atoms with Gasteiger partial charge in [-0.2, -0.15) is 0 Å². The first kappa shape index (κ1) is 20.8. The second-order valence-electron chi connectivity index (χ2n) is 6.54. The van der Waals surface area contributed by atoms with Crippen molar-refractivity contribution >= 4 is 35.1 Å². The molecule has 0 saturated carbocycles. The molecule has 0 aliphatic heterocycles. The molecule has 0 heterocycles. The van der Waals surface area contributed by atoms with Gasteiger partial charge in [0, 0.05) is 0 Å². The largest absolute Gasteiger partial charge is 0.465 e. The van der Waals surface area contributed by atoms with Crippen LogP contribution in [-0.4, -0.2) is 32.3 Å². The summed E-state index contributed by atoms with van der Waals surface area (Å²) >= 11 is 0. The van der Waals surface area contributed by atoms with Crippen molar-refractivity contribution in [3.8, 4) is 0 Å². The Bertz CT molecular complexity index is 920. The van der Waals surface area contributed by atoms with Gasteiger partial charge in [-0.25, -0.2) is 9.59 Å². The van der Waals surface area contributed by atoms with E-state index in [1.54, 1.807) is 0 Å². The molecule has 3 rings (SSSR count). The lowest BCUT2D eigenvalue weighted by molar-refractivity contribution is 0.0592. The molecule has 0 saturated heterocycles. The molecule has 0 aliphatic carbocycles. The lowest BCUT2D eigenvalue weighted by Gasteiger charge is -2.26. The van der Waals surface area contributed by atoms with Crippen LogP contribution in [0, 0.1) is 0 Å². The van der Waals surface area contributed by atoms with Crippen molar-refractivity contribution in [3.63, 3.8) is 0 Å². The van der Waals surface area contributed by atoms with Gasteiger partial charge in [-0.15, -0.1) is 0 Å². The van der Waals surface area contributed by atoms with Crippen LogP contribution >= 0.6 is 7.26 Å². The third kappa shape index (κ3) is 3.94. The first-order valence-electron chi connectivity index (χ1n) is 9.38. The molecule has 0 bridgehead atoms. The summed E-state index contributed by atoms with van der Waals surface area (Å²) in [5.74, 6) is -0.696. The SMILES string of the molecule is CC[P+](c1ccccc1)(c1ccc(C(=O)OC)cc1)c1ccc(C(=O)OC)cc1. The number of rotatable bonds is 6. The lowest BCUT2D eigenvalue weighted by atomic mass is 10.2. The predicted molar refractivity (Wildman–Crippen MR) is 118 cm³/mol. The smallest absolute Gasteiger partial charge is 0.337 e. The topological polar surface area (TPSA) is 52.6 Å². The van der Waals surface area contributed by atoms with Crippen LogP contribution in [0.15, 0.2) is 78.9 Å². The molecule has 3 aromatic rings. The van der Waals surface area contributed by atoms with Crippen molar-refractivity contribution in [1.29, 1.82) is 0 Å². The molecule has 0 fully saturated rings. The summed E-state index contributed by atoms with van der Waals surface area (Å²) in [6.07, 6.45) is 0.909. The van der Waals surface area contributed by atoms with E-state index in [1.807, 2.05) is 66.7 Å². The minimum absolute atomic E-state index is 0.348. The van der Waals surface area contributed by atoms with Gasteiger partial charge in [-0.05, 0) is 67.6 Å². The van der Waals surface area contributed by atoms with Crippen LogP contribution < -0.4 is 15.9 Å². The van der Waals surface area contributed by atoms with Crippen LogP contribution in [0.5, 0.6) is 0 Å². The van der Waals surface area contributed by atoms with Gasteiger partial charge in [0.15, 0.2) is 0 Å². The molecule has 0 N–H and O–H groups in total. The fraction of sp³-hybridized carbons (Fsp3) is 0.167. The van der Waals surface area contributed by atoms with E-state index < -0.39 is 7.26 Å². The highest BCUT2D eigenvalue weighted by molar-refractivity contribution is 7.95. The molecular formula is C24H24O4P+. The Balaban J connectivity index is 2.17. The standard InChI is InChI=1S/C24H24O4P/c1-4-29(20-8-6-5-7-9-20,21-14-10-18(11-15-21)23(25)27-2)22-16-12-19(13-17-22)24(26)28-3/h5-17H,4H2,1-3H3/q+1. The zero-order valence-corrected chi connectivity index (χ0v) is 17.7. The van der Waals surface area contributed by atoms with Gasteiger partial charge in [-0.3, -0.25) is 0 Å². The van der Waals surface area contributed by atoms with Gasteiger partial charge in [0.2, 0.25) is 0 Å². The van der Waals surface area contributed by atoms with Gasteiger partial charge in [-0.1, -0.05) is 18.2 Å². The molecule has 29 heavy (non-hydrogen) atoms. The van der Waals surface area contributed by atoms with Gasteiger partial charge in [0.25, 0.3) is 0 Å². The molecule has 5 heteroatoms. The van der Waals surface area contributed by atoms with Crippen molar-refractivity contribution < 1.29 is 19.1 Å². The predicted octanol–water partition coefficient (Wildman–Crippen LogP) is 3.57. The third-order valence-electron chi connectivity index (χ3n) is 5.13. The molecule has 0 radical (unpaired) electrons. The van der Waals surface area contributed by atoms with Crippen LogP contribution in [0.1, 0.15) is 27.6 Å². The molecule has 0 unspecified atom stereocenters. The highest BCUT2D eigenvalue weighted by Crippen LogP contribution is 2.54. The van der Waals surface area contributed by atoms with E-state index in [0.29, 0.717) is 11.1 Å². The average molecular weight is 407 g/mol. The highest BCUT2D eigenvalue weighted by Gasteiger charge is 2.43. The number of carbonyl (C=O) groups excluding carboxylic acids is 2. The molecule has 148 valence electrons. The van der Waals surface area contributed by atoms with Crippen LogP contribution in [0.3, 0.4) is 0 Å². The fourth-order valence-corrected chi connectivity index (χ4v) is 7.60. The second-order valence-corrected chi connectivity index (χ2v) is 10.3. The molecule has 0 atom stereocenters. The van der Waals surface area contributed by atoms with Crippen molar-refractivity contribution in [2.45, 2.75) is 6.92 Å². The highest BCUT2D eigenvalue weighted by atomic mass is 31.2. The molecule has 0 amide bonds. The quantitative estimate of drug-likeness (QED) is 0.463. The molecule has 0 aliphatic rings. The van der Waals surface area contributed by atoms with Gasteiger partial charge < -0.3 is 9.47 Å². The summed E-state index contributed by atoms with van der Waals surface area (Å²) in [5.41, 5.74) is 1.05. The number of benzene rings is 3. The normalized spacial score (nSPS) is 11.0. The van der Waals surface area contributed by atoms with Crippen LogP contribution in [0.2, 0.25) is 0 Å². The number of ether oxygens (including phenoxy) is 2. The maximum Gasteiger partial charge on any atom is 0.337 e. The molecule has 0 spiro atoms. The van der Waals surface area contributed by atoms with E-state index in [2.05, 4.69) is 19.1 Å². The first-order valence-corrected chi connectivity index (χ1v) is 11.4. The Morgan fingerprint density at radius 2 is 1.03 bits per heavy atom. The van der Waals surface area contributed by atoms with Gasteiger partial charge in [0.1, 0.15) is 23.2 Å². The summed E-state index contributed by atoms with van der Waals surface area (Å²) < 4.78 is 9.66. The summed E-state index contributed by atoms with van der Waals surface area (Å²) in [6.45, 7) is 2.18. The van der Waals surface area contributed by atoms with Gasteiger partial charge >= 0.3 is 11.9 Å². The summed E-state index contributed by atoms with van der Waals surface area (Å²) in [5, 5.41) is 3.59. The van der Waals surface area contributed by atoms with Crippen LogP contribution in [-0.2, 0) is 9.47 Å². The lowest BCUT2D eigenvalue weighted by Crippen LogP contribution is -2.33. The zero-order chi connectivity index (χ0) is 20.9. The van der Waals surface area contributed by atoms with Gasteiger partial charge in [0.05, 0.1) is 31.5 Å². The van der Waals surface area contributed by atoms with E-state index in [-0.39, 0.29) is 11.9 Å². The third-order valence-corrected chi connectivity index (χ3v) is 9.62.